The molecule has 0 aliphatic heterocycles. The van der Waals surface area contributed by atoms with E-state index < -0.39 is 5.82 Å². The van der Waals surface area contributed by atoms with E-state index in [1.807, 2.05) is 37.3 Å². The van der Waals surface area contributed by atoms with Gasteiger partial charge >= 0.3 is 0 Å². The van der Waals surface area contributed by atoms with Crippen LogP contribution in [0.3, 0.4) is 0 Å². The summed E-state index contributed by atoms with van der Waals surface area (Å²) in [5.74, 6) is -0.832. The van der Waals surface area contributed by atoms with Gasteiger partial charge in [0, 0.05) is 12.4 Å². The van der Waals surface area contributed by atoms with Gasteiger partial charge in [-0.05, 0) is 48.4 Å². The first-order valence-corrected chi connectivity index (χ1v) is 9.74. The Hall–Kier alpha value is -2.83. The molecule has 2 aromatic carbocycles. The van der Waals surface area contributed by atoms with Gasteiger partial charge in [0.2, 0.25) is 0 Å². The van der Waals surface area contributed by atoms with Crippen LogP contribution >= 0.6 is 22.9 Å². The standard InChI is InChI=1S/C21H15ClFN3OS/c1-13-4-2-6-18-19(13)25-21(28-18)26(12-14-5-3-9-24-11-14)20(27)16-8-7-15(23)10-17(16)22/h2-11H,12H2,1H3. The molecule has 0 saturated heterocycles. The average molecular weight is 412 g/mol. The number of carbonyl (C=O) groups excluding carboxylic acids is 1. The molecule has 2 heterocycles. The second-order valence-electron chi connectivity index (χ2n) is 6.29. The molecule has 0 atom stereocenters. The Morgan fingerprint density at radius 3 is 2.79 bits per heavy atom. The largest absolute Gasteiger partial charge is 0.279 e. The Kier molecular flexibility index (Phi) is 5.07. The number of aryl methyl sites for hydroxylation is 1. The molecule has 140 valence electrons. The minimum atomic E-state index is -0.490. The number of benzene rings is 2. The van der Waals surface area contributed by atoms with Crippen molar-refractivity contribution in [2.45, 2.75) is 13.5 Å². The Morgan fingerprint density at radius 1 is 1.21 bits per heavy atom. The molecular formula is C21H15ClFN3OS. The maximum Gasteiger partial charge on any atom is 0.261 e. The summed E-state index contributed by atoms with van der Waals surface area (Å²) in [6.07, 6.45) is 3.37. The SMILES string of the molecule is Cc1cccc2sc(N(Cc3cccnc3)C(=O)c3ccc(F)cc3Cl)nc12. The highest BCUT2D eigenvalue weighted by Crippen LogP contribution is 2.33. The van der Waals surface area contributed by atoms with Crippen LogP contribution in [0.2, 0.25) is 5.02 Å². The fourth-order valence-corrected chi connectivity index (χ4v) is 4.19. The first kappa shape index (κ1) is 18.5. The quantitative estimate of drug-likeness (QED) is 0.436. The molecule has 4 rings (SSSR count). The maximum absolute atomic E-state index is 13.4. The molecule has 4 aromatic rings. The molecule has 7 heteroatoms. The minimum Gasteiger partial charge on any atom is -0.279 e. The lowest BCUT2D eigenvalue weighted by atomic mass is 10.2. The predicted molar refractivity (Wildman–Crippen MR) is 111 cm³/mol. The van der Waals surface area contributed by atoms with E-state index >= 15 is 0 Å². The molecule has 2 aromatic heterocycles. The Labute approximate surface area is 170 Å². The van der Waals surface area contributed by atoms with Gasteiger partial charge in [0.1, 0.15) is 5.82 Å². The Bertz CT molecular complexity index is 1160. The minimum absolute atomic E-state index is 0.0680. The van der Waals surface area contributed by atoms with Crippen molar-refractivity contribution in [1.82, 2.24) is 9.97 Å². The molecule has 0 saturated carbocycles. The van der Waals surface area contributed by atoms with E-state index in [0.717, 1.165) is 27.4 Å². The summed E-state index contributed by atoms with van der Waals surface area (Å²) in [5.41, 5.74) is 2.97. The van der Waals surface area contributed by atoms with Crippen LogP contribution in [0.4, 0.5) is 9.52 Å². The van der Waals surface area contributed by atoms with Crippen LogP contribution in [-0.4, -0.2) is 15.9 Å². The van der Waals surface area contributed by atoms with Crippen LogP contribution in [0.15, 0.2) is 60.9 Å². The number of nitrogens with zero attached hydrogens (tertiary/aromatic N) is 3. The first-order valence-electron chi connectivity index (χ1n) is 8.55. The predicted octanol–water partition coefficient (Wildman–Crippen LogP) is 5.64. The summed E-state index contributed by atoms with van der Waals surface area (Å²) in [5, 5.41) is 0.622. The average Bonchev–Trinajstić information content (AvgIpc) is 3.12. The molecule has 0 bridgehead atoms. The van der Waals surface area contributed by atoms with Gasteiger partial charge in [0.05, 0.1) is 27.3 Å². The van der Waals surface area contributed by atoms with Gasteiger partial charge in [0.15, 0.2) is 5.13 Å². The van der Waals surface area contributed by atoms with Crippen molar-refractivity contribution in [2.75, 3.05) is 4.90 Å². The van der Waals surface area contributed by atoms with Crippen molar-refractivity contribution in [1.29, 1.82) is 0 Å². The third-order valence-corrected chi connectivity index (χ3v) is 5.67. The van der Waals surface area contributed by atoms with E-state index in [2.05, 4.69) is 9.97 Å². The Balaban J connectivity index is 1.80. The molecule has 0 unspecified atom stereocenters. The highest BCUT2D eigenvalue weighted by molar-refractivity contribution is 7.22. The number of anilines is 1. The van der Waals surface area contributed by atoms with Gasteiger partial charge < -0.3 is 0 Å². The zero-order valence-electron chi connectivity index (χ0n) is 14.9. The van der Waals surface area contributed by atoms with Crippen LogP contribution in [0, 0.1) is 12.7 Å². The molecular weight excluding hydrogens is 397 g/mol. The number of aromatic nitrogens is 2. The van der Waals surface area contributed by atoms with Crippen LogP contribution in [0.1, 0.15) is 21.5 Å². The Morgan fingerprint density at radius 2 is 2.07 bits per heavy atom. The summed E-state index contributed by atoms with van der Waals surface area (Å²) in [4.78, 5) is 23.7. The number of thiazole rings is 1. The topological polar surface area (TPSA) is 46.1 Å². The molecule has 28 heavy (non-hydrogen) atoms. The molecule has 4 nitrogen and oxygen atoms in total. The van der Waals surface area contributed by atoms with Gasteiger partial charge in [-0.1, -0.05) is 41.1 Å². The van der Waals surface area contributed by atoms with E-state index in [-0.39, 0.29) is 23.0 Å². The number of fused-ring (bicyclic) bond motifs is 1. The summed E-state index contributed by atoms with van der Waals surface area (Å²) >= 11 is 7.57. The van der Waals surface area contributed by atoms with Gasteiger partial charge in [-0.3, -0.25) is 14.7 Å². The number of halogens is 2. The normalized spacial score (nSPS) is 11.0. The summed E-state index contributed by atoms with van der Waals surface area (Å²) in [6.45, 7) is 2.26. The van der Waals surface area contributed by atoms with Crippen molar-refractivity contribution in [3.8, 4) is 0 Å². The summed E-state index contributed by atoms with van der Waals surface area (Å²) in [7, 11) is 0. The molecule has 0 aliphatic carbocycles. The second-order valence-corrected chi connectivity index (χ2v) is 7.71. The lowest BCUT2D eigenvalue weighted by molar-refractivity contribution is 0.0985. The summed E-state index contributed by atoms with van der Waals surface area (Å²) in [6, 6.07) is 13.4. The van der Waals surface area contributed by atoms with Gasteiger partial charge in [-0.2, -0.15) is 0 Å². The number of hydrogen-bond donors (Lipinski definition) is 0. The van der Waals surface area contributed by atoms with Gasteiger partial charge in [0.25, 0.3) is 5.91 Å². The van der Waals surface area contributed by atoms with Gasteiger partial charge in [-0.15, -0.1) is 0 Å². The number of pyridine rings is 1. The zero-order chi connectivity index (χ0) is 19.7. The molecule has 0 spiro atoms. The summed E-state index contributed by atoms with van der Waals surface area (Å²) < 4.78 is 14.4. The fraction of sp³-hybridized carbons (Fsp3) is 0.0952. The van der Waals surface area contributed by atoms with Crippen molar-refractivity contribution in [3.63, 3.8) is 0 Å². The zero-order valence-corrected chi connectivity index (χ0v) is 16.5. The lowest BCUT2D eigenvalue weighted by Crippen LogP contribution is -2.30. The maximum atomic E-state index is 13.4. The number of rotatable bonds is 4. The lowest BCUT2D eigenvalue weighted by Gasteiger charge is -2.20. The smallest absolute Gasteiger partial charge is 0.261 e. The van der Waals surface area contributed by atoms with E-state index in [0.29, 0.717) is 5.13 Å². The highest BCUT2D eigenvalue weighted by atomic mass is 35.5. The van der Waals surface area contributed by atoms with Crippen molar-refractivity contribution in [3.05, 3.63) is 88.5 Å². The fourth-order valence-electron chi connectivity index (χ4n) is 2.90. The van der Waals surface area contributed by atoms with E-state index in [9.17, 15) is 9.18 Å². The van der Waals surface area contributed by atoms with Crippen molar-refractivity contribution >= 4 is 44.2 Å². The van der Waals surface area contributed by atoms with Crippen LogP contribution in [0.5, 0.6) is 0 Å². The molecule has 0 fully saturated rings. The number of carbonyl (C=O) groups is 1. The first-order chi connectivity index (χ1) is 13.5. The molecule has 0 N–H and O–H groups in total. The van der Waals surface area contributed by atoms with Gasteiger partial charge in [-0.25, -0.2) is 9.37 Å². The molecule has 0 aliphatic rings. The van der Waals surface area contributed by atoms with Crippen LogP contribution in [0.25, 0.3) is 10.2 Å². The molecule has 1 amide bonds. The third kappa shape index (κ3) is 3.61. The number of para-hydroxylation sites is 1. The number of amides is 1. The van der Waals surface area contributed by atoms with E-state index in [1.54, 1.807) is 17.3 Å². The van der Waals surface area contributed by atoms with Crippen LogP contribution in [-0.2, 0) is 6.54 Å². The van der Waals surface area contributed by atoms with E-state index in [4.69, 9.17) is 11.6 Å². The third-order valence-electron chi connectivity index (χ3n) is 4.31. The number of hydrogen-bond acceptors (Lipinski definition) is 4. The van der Waals surface area contributed by atoms with E-state index in [1.165, 1.54) is 23.5 Å². The highest BCUT2D eigenvalue weighted by Gasteiger charge is 2.24. The monoisotopic (exact) mass is 411 g/mol. The van der Waals surface area contributed by atoms with Crippen molar-refractivity contribution in [2.24, 2.45) is 0 Å². The molecule has 0 radical (unpaired) electrons. The second kappa shape index (κ2) is 7.66. The van der Waals surface area contributed by atoms with Crippen LogP contribution < -0.4 is 4.90 Å². The van der Waals surface area contributed by atoms with Crippen molar-refractivity contribution < 1.29 is 9.18 Å².